The molecule has 3 nitrogen and oxygen atoms in total. The van der Waals surface area contributed by atoms with Gasteiger partial charge >= 0.3 is 0 Å². The summed E-state index contributed by atoms with van der Waals surface area (Å²) in [6.45, 7) is 6.32. The van der Waals surface area contributed by atoms with E-state index in [1.54, 1.807) is 18.2 Å². The highest BCUT2D eigenvalue weighted by atomic mass is 16.5. The van der Waals surface area contributed by atoms with Crippen molar-refractivity contribution in [1.82, 2.24) is 0 Å². The van der Waals surface area contributed by atoms with Crippen molar-refractivity contribution < 1.29 is 9.53 Å². The Hall–Kier alpha value is -2.73. The largest absolute Gasteiger partial charge is 0.484 e. The van der Waals surface area contributed by atoms with E-state index in [0.717, 1.165) is 5.56 Å². The number of hydrogen-bond acceptors (Lipinski definition) is 2. The molecule has 0 spiro atoms. The number of rotatable bonds is 5. The van der Waals surface area contributed by atoms with E-state index >= 15 is 0 Å². The monoisotopic (exact) mass is 307 g/mol. The van der Waals surface area contributed by atoms with Crippen molar-refractivity contribution in [3.05, 3.63) is 59.2 Å². The minimum Gasteiger partial charge on any atom is -0.484 e. The van der Waals surface area contributed by atoms with Gasteiger partial charge in [-0.1, -0.05) is 31.9 Å². The summed E-state index contributed by atoms with van der Waals surface area (Å²) in [6.07, 6.45) is 5.34. The molecule has 1 amide bonds. The second-order valence-electron chi connectivity index (χ2n) is 5.74. The summed E-state index contributed by atoms with van der Waals surface area (Å²) in [7, 11) is 0. The van der Waals surface area contributed by atoms with E-state index < -0.39 is 0 Å². The predicted molar refractivity (Wildman–Crippen MR) is 93.8 cm³/mol. The summed E-state index contributed by atoms with van der Waals surface area (Å²) in [6, 6.07) is 13.1. The minimum absolute atomic E-state index is 0.0409. The molecule has 0 saturated heterocycles. The number of carbonyl (C=O) groups excluding carboxylic acids is 1. The Kier molecular flexibility index (Phi) is 5.43. The molecule has 23 heavy (non-hydrogen) atoms. The van der Waals surface area contributed by atoms with Crippen molar-refractivity contribution in [2.45, 2.75) is 26.7 Å². The molecule has 0 saturated carbocycles. The van der Waals surface area contributed by atoms with Crippen LogP contribution in [0.3, 0.4) is 0 Å². The van der Waals surface area contributed by atoms with Gasteiger partial charge in [0.25, 0.3) is 5.91 Å². The van der Waals surface area contributed by atoms with Crippen LogP contribution in [0.5, 0.6) is 5.75 Å². The molecule has 2 aromatic rings. The van der Waals surface area contributed by atoms with E-state index in [0.29, 0.717) is 17.4 Å². The maximum Gasteiger partial charge on any atom is 0.262 e. The number of hydrogen-bond donors (Lipinski definition) is 1. The molecular formula is C20H21NO2. The minimum atomic E-state index is -0.218. The fourth-order valence-corrected chi connectivity index (χ4v) is 2.42. The summed E-state index contributed by atoms with van der Waals surface area (Å²) in [5.41, 5.74) is 3.84. The van der Waals surface area contributed by atoms with Crippen LogP contribution in [0, 0.1) is 19.3 Å². The summed E-state index contributed by atoms with van der Waals surface area (Å²) in [5, 5.41) is 2.77. The summed E-state index contributed by atoms with van der Waals surface area (Å²) >= 11 is 0. The molecule has 2 rings (SSSR count). The lowest BCUT2D eigenvalue weighted by molar-refractivity contribution is -0.118. The molecule has 2 aromatic carbocycles. The Labute approximate surface area is 137 Å². The molecule has 0 aliphatic rings. The topological polar surface area (TPSA) is 38.3 Å². The molecule has 0 heterocycles. The molecule has 0 aromatic heterocycles. The molecule has 3 heteroatoms. The lowest BCUT2D eigenvalue weighted by Gasteiger charge is -2.12. The number of anilines is 1. The third kappa shape index (κ3) is 4.62. The molecule has 0 fully saturated rings. The van der Waals surface area contributed by atoms with Gasteiger partial charge < -0.3 is 10.1 Å². The van der Waals surface area contributed by atoms with Gasteiger partial charge in [-0.05, 0) is 54.3 Å². The van der Waals surface area contributed by atoms with E-state index in [-0.39, 0.29) is 12.5 Å². The highest BCUT2D eigenvalue weighted by molar-refractivity contribution is 5.92. The van der Waals surface area contributed by atoms with Gasteiger partial charge in [0.05, 0.1) is 0 Å². The Morgan fingerprint density at radius 3 is 2.70 bits per heavy atom. The van der Waals surface area contributed by atoms with Crippen molar-refractivity contribution >= 4 is 11.6 Å². The standard InChI is InChI=1S/C20H21NO2/c1-5-16-7-6-8-17(12-16)21-20(22)13-23-18-9-10-19(14(2)3)15(4)11-18/h1,6-12,14H,13H2,2-4H3,(H,21,22). The summed E-state index contributed by atoms with van der Waals surface area (Å²) in [5.74, 6) is 3.48. The van der Waals surface area contributed by atoms with Gasteiger partial charge in [-0.3, -0.25) is 4.79 Å². The normalized spacial score (nSPS) is 10.2. The maximum absolute atomic E-state index is 12.0. The quantitative estimate of drug-likeness (QED) is 0.844. The van der Waals surface area contributed by atoms with Gasteiger partial charge in [0, 0.05) is 11.3 Å². The second kappa shape index (κ2) is 7.51. The Morgan fingerprint density at radius 1 is 1.26 bits per heavy atom. The number of nitrogens with one attached hydrogen (secondary N) is 1. The highest BCUT2D eigenvalue weighted by Gasteiger charge is 2.07. The van der Waals surface area contributed by atoms with Gasteiger partial charge in [-0.25, -0.2) is 0 Å². The molecule has 0 bridgehead atoms. The van der Waals surface area contributed by atoms with Crippen LogP contribution < -0.4 is 10.1 Å². The van der Waals surface area contributed by atoms with E-state index in [9.17, 15) is 4.79 Å². The van der Waals surface area contributed by atoms with Crippen molar-refractivity contribution in [3.63, 3.8) is 0 Å². The van der Waals surface area contributed by atoms with E-state index in [2.05, 4.69) is 25.1 Å². The Bertz CT molecular complexity index is 742. The first-order valence-corrected chi connectivity index (χ1v) is 7.59. The fraction of sp³-hybridized carbons (Fsp3) is 0.250. The number of carbonyl (C=O) groups is 1. The molecule has 0 aliphatic heterocycles. The molecule has 0 radical (unpaired) electrons. The number of aryl methyl sites for hydroxylation is 1. The van der Waals surface area contributed by atoms with Crippen LogP contribution >= 0.6 is 0 Å². The zero-order valence-electron chi connectivity index (χ0n) is 13.7. The van der Waals surface area contributed by atoms with Crippen molar-refractivity contribution in [2.75, 3.05) is 11.9 Å². The SMILES string of the molecule is C#Cc1cccc(NC(=O)COc2ccc(C(C)C)c(C)c2)c1. The van der Waals surface area contributed by atoms with Crippen molar-refractivity contribution in [3.8, 4) is 18.1 Å². The molecular weight excluding hydrogens is 286 g/mol. The lowest BCUT2D eigenvalue weighted by atomic mass is 9.98. The van der Waals surface area contributed by atoms with Crippen LogP contribution in [-0.4, -0.2) is 12.5 Å². The molecule has 0 atom stereocenters. The average Bonchev–Trinajstić information content (AvgIpc) is 2.53. The van der Waals surface area contributed by atoms with Crippen molar-refractivity contribution in [2.24, 2.45) is 0 Å². The summed E-state index contributed by atoms with van der Waals surface area (Å²) < 4.78 is 5.56. The van der Waals surface area contributed by atoms with Gasteiger partial charge in [0.2, 0.25) is 0 Å². The van der Waals surface area contributed by atoms with Crippen LogP contribution in [0.2, 0.25) is 0 Å². The first-order chi connectivity index (χ1) is 11.0. The second-order valence-corrected chi connectivity index (χ2v) is 5.74. The average molecular weight is 307 g/mol. The van der Waals surface area contributed by atoms with Gasteiger partial charge in [0.15, 0.2) is 6.61 Å². The zero-order chi connectivity index (χ0) is 16.8. The first kappa shape index (κ1) is 16.6. The van der Waals surface area contributed by atoms with Crippen LogP contribution in [0.1, 0.15) is 36.5 Å². The molecule has 0 unspecified atom stereocenters. The zero-order valence-corrected chi connectivity index (χ0v) is 13.7. The highest BCUT2D eigenvalue weighted by Crippen LogP contribution is 2.23. The summed E-state index contributed by atoms with van der Waals surface area (Å²) in [4.78, 5) is 12.0. The fourth-order valence-electron chi connectivity index (χ4n) is 2.42. The lowest BCUT2D eigenvalue weighted by Crippen LogP contribution is -2.20. The Balaban J connectivity index is 1.94. The Morgan fingerprint density at radius 2 is 2.04 bits per heavy atom. The van der Waals surface area contributed by atoms with E-state index in [1.807, 2.05) is 31.2 Å². The first-order valence-electron chi connectivity index (χ1n) is 7.59. The predicted octanol–water partition coefficient (Wildman–Crippen LogP) is 4.12. The molecule has 1 N–H and O–H groups in total. The maximum atomic E-state index is 12.0. The third-order valence-electron chi connectivity index (χ3n) is 3.55. The van der Waals surface area contributed by atoms with Crippen LogP contribution in [-0.2, 0) is 4.79 Å². The van der Waals surface area contributed by atoms with Crippen LogP contribution in [0.15, 0.2) is 42.5 Å². The number of amides is 1. The van der Waals surface area contributed by atoms with E-state index in [4.69, 9.17) is 11.2 Å². The van der Waals surface area contributed by atoms with Gasteiger partial charge in [-0.15, -0.1) is 6.42 Å². The van der Waals surface area contributed by atoms with Gasteiger partial charge in [-0.2, -0.15) is 0 Å². The number of terminal acetylenes is 1. The third-order valence-corrected chi connectivity index (χ3v) is 3.55. The van der Waals surface area contributed by atoms with E-state index in [1.165, 1.54) is 11.1 Å². The molecule has 118 valence electrons. The van der Waals surface area contributed by atoms with Crippen LogP contribution in [0.4, 0.5) is 5.69 Å². The van der Waals surface area contributed by atoms with Gasteiger partial charge in [0.1, 0.15) is 5.75 Å². The smallest absolute Gasteiger partial charge is 0.262 e. The number of benzene rings is 2. The van der Waals surface area contributed by atoms with Crippen LogP contribution in [0.25, 0.3) is 0 Å². The number of ether oxygens (including phenoxy) is 1. The molecule has 0 aliphatic carbocycles. The van der Waals surface area contributed by atoms with Crippen molar-refractivity contribution in [1.29, 1.82) is 0 Å².